The highest BCUT2D eigenvalue weighted by atomic mass is 19.3. The molecule has 10 heteroatoms. The smallest absolute Gasteiger partial charge is 0.388 e. The molecule has 4 aromatic rings. The van der Waals surface area contributed by atoms with Crippen LogP contribution in [0.3, 0.4) is 0 Å². The lowest BCUT2D eigenvalue weighted by molar-refractivity contribution is -0.0528. The van der Waals surface area contributed by atoms with Gasteiger partial charge in [-0.25, -0.2) is 19.3 Å². The summed E-state index contributed by atoms with van der Waals surface area (Å²) in [6.45, 7) is -2.90. The fraction of sp³-hybridized carbons (Fsp3) is 0.105. The molecular formula is C19H14F2N6O2. The van der Waals surface area contributed by atoms with Gasteiger partial charge in [-0.15, -0.1) is 0 Å². The maximum Gasteiger partial charge on any atom is 0.388 e. The van der Waals surface area contributed by atoms with Crippen molar-refractivity contribution in [2.75, 3.05) is 0 Å². The first-order valence-electron chi connectivity index (χ1n) is 8.53. The number of aromatic nitrogens is 6. The van der Waals surface area contributed by atoms with Gasteiger partial charge in [0.1, 0.15) is 13.0 Å². The Hall–Kier alpha value is -3.95. The maximum absolute atomic E-state index is 12.3. The van der Waals surface area contributed by atoms with Gasteiger partial charge in [-0.1, -0.05) is 30.3 Å². The van der Waals surface area contributed by atoms with Gasteiger partial charge in [-0.2, -0.15) is 19.0 Å². The van der Waals surface area contributed by atoms with Crippen molar-refractivity contribution >= 4 is 0 Å². The maximum atomic E-state index is 12.3. The normalized spacial score (nSPS) is 11.0. The van der Waals surface area contributed by atoms with Gasteiger partial charge in [0.2, 0.25) is 5.88 Å². The van der Waals surface area contributed by atoms with Crippen LogP contribution in [0.15, 0.2) is 71.9 Å². The monoisotopic (exact) mass is 396 g/mol. The standard InChI is InChI=1S/C19H14F2N6O2/c20-19(21)29-16-8-6-14(10-22-16)15-7-9-17(28)26(25-15)12-27-18(23-11-24-27)13-4-2-1-3-5-13/h1-11,19H,12H2. The summed E-state index contributed by atoms with van der Waals surface area (Å²) in [6, 6.07) is 15.2. The van der Waals surface area contributed by atoms with Crippen LogP contribution >= 0.6 is 0 Å². The van der Waals surface area contributed by atoms with Crippen molar-refractivity contribution in [3.8, 4) is 28.5 Å². The molecule has 0 radical (unpaired) electrons. The molecule has 3 aromatic heterocycles. The summed E-state index contributed by atoms with van der Waals surface area (Å²) in [5.74, 6) is 0.395. The Morgan fingerprint density at radius 2 is 1.76 bits per heavy atom. The van der Waals surface area contributed by atoms with Gasteiger partial charge >= 0.3 is 6.61 Å². The summed E-state index contributed by atoms with van der Waals surface area (Å²) in [5, 5.41) is 8.51. The van der Waals surface area contributed by atoms with Gasteiger partial charge in [-0.3, -0.25) is 4.79 Å². The summed E-state index contributed by atoms with van der Waals surface area (Å²) in [5.41, 5.74) is 1.52. The molecule has 29 heavy (non-hydrogen) atoms. The second kappa shape index (κ2) is 7.97. The molecule has 4 rings (SSSR count). The number of nitrogens with zero attached hydrogens (tertiary/aromatic N) is 6. The van der Waals surface area contributed by atoms with Crippen LogP contribution in [0.1, 0.15) is 0 Å². The van der Waals surface area contributed by atoms with Gasteiger partial charge < -0.3 is 4.74 Å². The molecule has 0 atom stereocenters. The third-order valence-electron chi connectivity index (χ3n) is 4.02. The van der Waals surface area contributed by atoms with E-state index >= 15 is 0 Å². The van der Waals surface area contributed by atoms with E-state index in [1.807, 2.05) is 30.3 Å². The summed E-state index contributed by atoms with van der Waals surface area (Å²) in [7, 11) is 0. The number of ether oxygens (including phenoxy) is 1. The fourth-order valence-electron chi connectivity index (χ4n) is 2.70. The molecule has 0 spiro atoms. The predicted octanol–water partition coefficient (Wildman–Crippen LogP) is 2.67. The van der Waals surface area contributed by atoms with Gasteiger partial charge in [-0.05, 0) is 12.1 Å². The number of hydrogen-bond donors (Lipinski definition) is 0. The number of alkyl halides is 2. The Bertz CT molecular complexity index is 1160. The van der Waals surface area contributed by atoms with Crippen molar-refractivity contribution in [2.24, 2.45) is 0 Å². The first-order chi connectivity index (χ1) is 14.1. The topological polar surface area (TPSA) is 87.7 Å². The fourth-order valence-corrected chi connectivity index (χ4v) is 2.70. The summed E-state index contributed by atoms with van der Waals surface area (Å²) < 4.78 is 31.5. The highest BCUT2D eigenvalue weighted by molar-refractivity contribution is 5.57. The highest BCUT2D eigenvalue weighted by Gasteiger charge is 2.11. The van der Waals surface area contributed by atoms with Gasteiger partial charge in [0, 0.05) is 29.5 Å². The van der Waals surface area contributed by atoms with E-state index in [1.54, 1.807) is 4.68 Å². The summed E-state index contributed by atoms with van der Waals surface area (Å²) in [6.07, 6.45) is 2.75. The van der Waals surface area contributed by atoms with Crippen LogP contribution in [-0.2, 0) is 6.67 Å². The van der Waals surface area contributed by atoms with Crippen LogP contribution in [0.4, 0.5) is 8.78 Å². The Morgan fingerprint density at radius 3 is 2.48 bits per heavy atom. The average Bonchev–Trinajstić information content (AvgIpc) is 3.19. The van der Waals surface area contributed by atoms with Crippen molar-refractivity contribution in [3.63, 3.8) is 0 Å². The average molecular weight is 396 g/mol. The molecule has 0 amide bonds. The van der Waals surface area contributed by atoms with Crippen molar-refractivity contribution < 1.29 is 13.5 Å². The lowest BCUT2D eigenvalue weighted by atomic mass is 10.2. The molecule has 0 aliphatic carbocycles. The predicted molar refractivity (Wildman–Crippen MR) is 99.2 cm³/mol. The molecule has 0 aliphatic heterocycles. The van der Waals surface area contributed by atoms with E-state index in [2.05, 4.69) is 24.9 Å². The molecule has 0 saturated heterocycles. The summed E-state index contributed by atoms with van der Waals surface area (Å²) >= 11 is 0. The third-order valence-corrected chi connectivity index (χ3v) is 4.02. The molecule has 0 aliphatic rings. The minimum Gasteiger partial charge on any atom is -0.417 e. The number of rotatable bonds is 6. The zero-order valence-electron chi connectivity index (χ0n) is 14.9. The minimum atomic E-state index is -2.95. The van der Waals surface area contributed by atoms with Crippen molar-refractivity contribution in [1.29, 1.82) is 0 Å². The zero-order valence-corrected chi connectivity index (χ0v) is 14.9. The van der Waals surface area contributed by atoms with E-state index in [1.165, 1.54) is 41.5 Å². The number of benzene rings is 1. The Balaban J connectivity index is 1.62. The van der Waals surface area contributed by atoms with Crippen LogP contribution < -0.4 is 10.3 Å². The minimum absolute atomic E-state index is 0.0525. The lowest BCUT2D eigenvalue weighted by Crippen LogP contribution is -2.26. The lowest BCUT2D eigenvalue weighted by Gasteiger charge is -2.10. The van der Waals surface area contributed by atoms with E-state index in [0.29, 0.717) is 17.1 Å². The first-order valence-corrected chi connectivity index (χ1v) is 8.53. The van der Waals surface area contributed by atoms with Crippen LogP contribution in [-0.4, -0.2) is 36.1 Å². The largest absolute Gasteiger partial charge is 0.417 e. The van der Waals surface area contributed by atoms with Crippen molar-refractivity contribution in [1.82, 2.24) is 29.5 Å². The molecule has 0 bridgehead atoms. The SMILES string of the molecule is O=c1ccc(-c2ccc(OC(F)F)nc2)nn1Cn1ncnc1-c1ccccc1. The molecule has 3 heterocycles. The third kappa shape index (κ3) is 4.15. The Morgan fingerprint density at radius 1 is 0.931 bits per heavy atom. The van der Waals surface area contributed by atoms with E-state index in [-0.39, 0.29) is 18.1 Å². The van der Waals surface area contributed by atoms with E-state index in [4.69, 9.17) is 0 Å². The molecule has 1 aromatic carbocycles. The van der Waals surface area contributed by atoms with Crippen LogP contribution in [0, 0.1) is 0 Å². The van der Waals surface area contributed by atoms with Crippen LogP contribution in [0.25, 0.3) is 22.6 Å². The molecular weight excluding hydrogens is 382 g/mol. The zero-order chi connectivity index (χ0) is 20.2. The number of hydrogen-bond acceptors (Lipinski definition) is 6. The summed E-state index contributed by atoms with van der Waals surface area (Å²) in [4.78, 5) is 20.3. The molecule has 0 saturated carbocycles. The second-order valence-corrected chi connectivity index (χ2v) is 5.91. The molecule has 8 nitrogen and oxygen atoms in total. The molecule has 146 valence electrons. The van der Waals surface area contributed by atoms with Gasteiger partial charge in [0.15, 0.2) is 5.82 Å². The van der Waals surface area contributed by atoms with Crippen LogP contribution in [0.2, 0.25) is 0 Å². The van der Waals surface area contributed by atoms with Gasteiger partial charge in [0.05, 0.1) is 5.69 Å². The van der Waals surface area contributed by atoms with Crippen molar-refractivity contribution in [3.05, 3.63) is 77.5 Å². The Kier molecular flexibility index (Phi) is 5.06. The molecule has 0 fully saturated rings. The second-order valence-electron chi connectivity index (χ2n) is 5.91. The molecule has 0 unspecified atom stereocenters. The van der Waals surface area contributed by atoms with Crippen LogP contribution in [0.5, 0.6) is 5.88 Å². The highest BCUT2D eigenvalue weighted by Crippen LogP contribution is 2.19. The van der Waals surface area contributed by atoms with Crippen molar-refractivity contribution in [2.45, 2.75) is 13.3 Å². The molecule has 0 N–H and O–H groups in total. The van der Waals surface area contributed by atoms with E-state index in [0.717, 1.165) is 5.56 Å². The van der Waals surface area contributed by atoms with E-state index < -0.39 is 6.61 Å². The number of pyridine rings is 1. The quantitative estimate of drug-likeness (QED) is 0.498. The number of halogens is 2. The Labute approximate surface area is 163 Å². The van der Waals surface area contributed by atoms with Gasteiger partial charge in [0.25, 0.3) is 5.56 Å². The van der Waals surface area contributed by atoms with E-state index in [9.17, 15) is 13.6 Å². The first kappa shape index (κ1) is 18.4.